The molecule has 1 aromatic heterocycles. The molecule has 0 bridgehead atoms. The molecule has 16 heavy (non-hydrogen) atoms. The number of esters is 1. The minimum atomic E-state index is -0.620. The SMILES string of the molecule is C=C(C)C(=O)OCn1cc(C)c(=O)[nH]c1=O. The van der Waals surface area contributed by atoms with Gasteiger partial charge in [-0.2, -0.15) is 0 Å². The minimum Gasteiger partial charge on any atom is -0.440 e. The molecular weight excluding hydrogens is 212 g/mol. The molecule has 0 spiro atoms. The third kappa shape index (κ3) is 2.69. The maximum Gasteiger partial charge on any atom is 0.334 e. The van der Waals surface area contributed by atoms with Crippen molar-refractivity contribution < 1.29 is 9.53 Å². The number of carbonyl (C=O) groups excluding carboxylic acids is 1. The molecule has 0 amide bonds. The Balaban J connectivity index is 2.87. The fourth-order valence-electron chi connectivity index (χ4n) is 0.966. The van der Waals surface area contributed by atoms with Gasteiger partial charge in [-0.25, -0.2) is 9.59 Å². The Morgan fingerprint density at radius 3 is 2.75 bits per heavy atom. The van der Waals surface area contributed by atoms with Crippen molar-refractivity contribution in [3.63, 3.8) is 0 Å². The van der Waals surface area contributed by atoms with Crippen LogP contribution in [0.3, 0.4) is 0 Å². The van der Waals surface area contributed by atoms with Crippen molar-refractivity contribution in [2.75, 3.05) is 0 Å². The van der Waals surface area contributed by atoms with Crippen LogP contribution >= 0.6 is 0 Å². The van der Waals surface area contributed by atoms with Gasteiger partial charge in [-0.15, -0.1) is 0 Å². The van der Waals surface area contributed by atoms with E-state index in [1.165, 1.54) is 13.1 Å². The summed E-state index contributed by atoms with van der Waals surface area (Å²) < 4.78 is 5.86. The largest absolute Gasteiger partial charge is 0.440 e. The predicted octanol–water partition coefficient (Wildman–Crippen LogP) is -0.0782. The lowest BCUT2D eigenvalue weighted by atomic mass is 10.4. The Morgan fingerprint density at radius 2 is 2.19 bits per heavy atom. The first-order chi connectivity index (χ1) is 7.41. The summed E-state index contributed by atoms with van der Waals surface area (Å²) in [5.41, 5.74) is -0.460. The van der Waals surface area contributed by atoms with Gasteiger partial charge < -0.3 is 4.74 Å². The molecule has 6 heteroatoms. The lowest BCUT2D eigenvalue weighted by molar-refractivity contribution is -0.142. The number of hydrogen-bond donors (Lipinski definition) is 1. The molecule has 1 N–H and O–H groups in total. The molecular formula is C10H12N2O4. The van der Waals surface area contributed by atoms with Gasteiger partial charge in [0.1, 0.15) is 0 Å². The minimum absolute atomic E-state index is 0.245. The third-order valence-corrected chi connectivity index (χ3v) is 1.87. The van der Waals surface area contributed by atoms with E-state index >= 15 is 0 Å². The van der Waals surface area contributed by atoms with Crippen LogP contribution in [0.4, 0.5) is 0 Å². The first kappa shape index (κ1) is 12.0. The van der Waals surface area contributed by atoms with Gasteiger partial charge in [0.2, 0.25) is 0 Å². The number of ether oxygens (including phenoxy) is 1. The van der Waals surface area contributed by atoms with E-state index in [0.717, 1.165) is 4.57 Å². The fraction of sp³-hybridized carbons (Fsp3) is 0.300. The van der Waals surface area contributed by atoms with E-state index in [1.807, 2.05) is 0 Å². The van der Waals surface area contributed by atoms with E-state index in [4.69, 9.17) is 4.74 Å². The number of nitrogens with one attached hydrogen (secondary N) is 1. The molecule has 86 valence electrons. The number of hydrogen-bond acceptors (Lipinski definition) is 4. The number of aromatic amines is 1. The van der Waals surface area contributed by atoms with Crippen LogP contribution in [-0.2, 0) is 16.3 Å². The quantitative estimate of drug-likeness (QED) is 0.575. The number of nitrogens with zero attached hydrogens (tertiary/aromatic N) is 1. The van der Waals surface area contributed by atoms with E-state index in [2.05, 4.69) is 11.6 Å². The summed E-state index contributed by atoms with van der Waals surface area (Å²) in [6, 6.07) is 0. The normalized spacial score (nSPS) is 9.88. The Kier molecular flexibility index (Phi) is 3.44. The molecule has 1 rings (SSSR count). The second-order valence-corrected chi connectivity index (χ2v) is 3.38. The number of aromatic nitrogens is 2. The first-order valence-corrected chi connectivity index (χ1v) is 4.55. The van der Waals surface area contributed by atoms with Crippen LogP contribution in [-0.4, -0.2) is 15.5 Å². The average molecular weight is 224 g/mol. The summed E-state index contributed by atoms with van der Waals surface area (Å²) in [5.74, 6) is -0.587. The molecule has 1 heterocycles. The molecule has 0 aliphatic rings. The molecule has 0 aliphatic carbocycles. The highest BCUT2D eigenvalue weighted by Crippen LogP contribution is 1.93. The van der Waals surface area contributed by atoms with E-state index in [1.54, 1.807) is 6.92 Å². The summed E-state index contributed by atoms with van der Waals surface area (Å²) in [5, 5.41) is 0. The van der Waals surface area contributed by atoms with Crippen molar-refractivity contribution in [2.24, 2.45) is 0 Å². The maximum absolute atomic E-state index is 11.3. The fourth-order valence-corrected chi connectivity index (χ4v) is 0.966. The van der Waals surface area contributed by atoms with Gasteiger partial charge in [0.15, 0.2) is 6.73 Å². The van der Waals surface area contributed by atoms with Crippen molar-refractivity contribution in [1.82, 2.24) is 9.55 Å². The summed E-state index contributed by atoms with van der Waals surface area (Å²) in [6.07, 6.45) is 1.33. The van der Waals surface area contributed by atoms with Gasteiger partial charge in [-0.05, 0) is 13.8 Å². The Labute approximate surface area is 91.2 Å². The molecule has 0 radical (unpaired) electrons. The lowest BCUT2D eigenvalue weighted by Crippen LogP contribution is -2.31. The maximum atomic E-state index is 11.3. The topological polar surface area (TPSA) is 81.2 Å². The Bertz CT molecular complexity index is 538. The predicted molar refractivity (Wildman–Crippen MR) is 57.0 cm³/mol. The molecule has 0 saturated heterocycles. The van der Waals surface area contributed by atoms with E-state index in [0.29, 0.717) is 5.56 Å². The zero-order valence-corrected chi connectivity index (χ0v) is 9.07. The van der Waals surface area contributed by atoms with Crippen molar-refractivity contribution in [2.45, 2.75) is 20.6 Å². The smallest absolute Gasteiger partial charge is 0.334 e. The molecule has 0 saturated carbocycles. The molecule has 1 aromatic rings. The van der Waals surface area contributed by atoms with Crippen LogP contribution < -0.4 is 11.2 Å². The van der Waals surface area contributed by atoms with Crippen LogP contribution in [0.25, 0.3) is 0 Å². The van der Waals surface area contributed by atoms with Crippen LogP contribution in [0.1, 0.15) is 12.5 Å². The van der Waals surface area contributed by atoms with Gasteiger partial charge in [-0.1, -0.05) is 6.58 Å². The number of carbonyl (C=O) groups is 1. The van der Waals surface area contributed by atoms with Crippen LogP contribution in [0.5, 0.6) is 0 Å². The number of H-pyrrole nitrogens is 1. The third-order valence-electron chi connectivity index (χ3n) is 1.87. The molecule has 0 unspecified atom stereocenters. The standard InChI is InChI=1S/C10H12N2O4/c1-6(2)9(14)16-5-12-4-7(3)8(13)11-10(12)15/h4H,1,5H2,2-3H3,(H,11,13,15). The summed E-state index contributed by atoms with van der Waals surface area (Å²) in [7, 11) is 0. The van der Waals surface area contributed by atoms with Crippen LogP contribution in [0, 0.1) is 6.92 Å². The lowest BCUT2D eigenvalue weighted by Gasteiger charge is -2.06. The van der Waals surface area contributed by atoms with Crippen molar-refractivity contribution in [3.05, 3.63) is 44.8 Å². The van der Waals surface area contributed by atoms with Crippen LogP contribution in [0.15, 0.2) is 27.9 Å². The van der Waals surface area contributed by atoms with Gasteiger partial charge in [0.25, 0.3) is 5.56 Å². The van der Waals surface area contributed by atoms with E-state index < -0.39 is 17.2 Å². The molecule has 0 atom stereocenters. The highest BCUT2D eigenvalue weighted by atomic mass is 16.5. The highest BCUT2D eigenvalue weighted by Gasteiger charge is 2.05. The van der Waals surface area contributed by atoms with Gasteiger partial charge >= 0.3 is 11.7 Å². The van der Waals surface area contributed by atoms with E-state index in [-0.39, 0.29) is 12.3 Å². The highest BCUT2D eigenvalue weighted by molar-refractivity contribution is 5.86. The second kappa shape index (κ2) is 4.61. The Morgan fingerprint density at radius 1 is 1.56 bits per heavy atom. The zero-order valence-electron chi connectivity index (χ0n) is 9.07. The van der Waals surface area contributed by atoms with Crippen molar-refractivity contribution in [3.8, 4) is 0 Å². The summed E-state index contributed by atoms with van der Waals surface area (Å²) >= 11 is 0. The zero-order chi connectivity index (χ0) is 12.3. The van der Waals surface area contributed by atoms with Gasteiger partial charge in [0, 0.05) is 17.3 Å². The Hall–Kier alpha value is -2.11. The van der Waals surface area contributed by atoms with E-state index in [9.17, 15) is 14.4 Å². The van der Waals surface area contributed by atoms with Gasteiger partial charge in [0.05, 0.1) is 0 Å². The monoisotopic (exact) mass is 224 g/mol. The molecule has 0 aliphatic heterocycles. The number of rotatable bonds is 3. The first-order valence-electron chi connectivity index (χ1n) is 4.55. The molecule has 0 aromatic carbocycles. The number of aryl methyl sites for hydroxylation is 1. The van der Waals surface area contributed by atoms with Gasteiger partial charge in [-0.3, -0.25) is 14.3 Å². The summed E-state index contributed by atoms with van der Waals surface area (Å²) in [4.78, 5) is 35.5. The second-order valence-electron chi connectivity index (χ2n) is 3.38. The van der Waals surface area contributed by atoms with Crippen molar-refractivity contribution >= 4 is 5.97 Å². The average Bonchev–Trinajstić information content (AvgIpc) is 2.20. The van der Waals surface area contributed by atoms with Crippen molar-refractivity contribution in [1.29, 1.82) is 0 Å². The molecule has 6 nitrogen and oxygen atoms in total. The summed E-state index contributed by atoms with van der Waals surface area (Å²) in [6.45, 7) is 6.21. The molecule has 0 fully saturated rings. The van der Waals surface area contributed by atoms with Crippen LogP contribution in [0.2, 0.25) is 0 Å².